The van der Waals surface area contributed by atoms with Crippen LogP contribution in [-0.4, -0.2) is 30.3 Å². The molecule has 0 bridgehead atoms. The molecule has 0 aliphatic heterocycles. The van der Waals surface area contributed by atoms with Crippen molar-refractivity contribution in [1.82, 2.24) is 10.3 Å². The van der Waals surface area contributed by atoms with Crippen LogP contribution in [0.4, 0.5) is 5.82 Å². The molecule has 0 radical (unpaired) electrons. The summed E-state index contributed by atoms with van der Waals surface area (Å²) in [6, 6.07) is 4.26. The minimum atomic E-state index is -0.132. The maximum Gasteiger partial charge on any atom is 0.123 e. The van der Waals surface area contributed by atoms with Crippen molar-refractivity contribution < 1.29 is 4.74 Å². The fraction of sp³-hybridized carbons (Fsp3) is 0.688. The minimum absolute atomic E-state index is 0.132. The van der Waals surface area contributed by atoms with E-state index in [4.69, 9.17) is 10.5 Å². The first kappa shape index (κ1) is 16.9. The molecule has 114 valence electrons. The molecule has 0 fully saturated rings. The van der Waals surface area contributed by atoms with Gasteiger partial charge in [-0.2, -0.15) is 0 Å². The molecule has 0 spiro atoms. The Hall–Kier alpha value is -1.13. The number of ether oxygens (including phenoxy) is 1. The van der Waals surface area contributed by atoms with E-state index in [-0.39, 0.29) is 11.6 Å². The monoisotopic (exact) mass is 279 g/mol. The van der Waals surface area contributed by atoms with E-state index in [1.165, 1.54) is 5.56 Å². The zero-order valence-electron chi connectivity index (χ0n) is 13.3. The lowest BCUT2D eigenvalue weighted by Gasteiger charge is -2.39. The van der Waals surface area contributed by atoms with Crippen molar-refractivity contribution in [3.63, 3.8) is 0 Å². The molecule has 1 heterocycles. The van der Waals surface area contributed by atoms with E-state index in [9.17, 15) is 0 Å². The molecule has 1 aromatic rings. The highest BCUT2D eigenvalue weighted by atomic mass is 16.5. The van der Waals surface area contributed by atoms with Gasteiger partial charge in [0.15, 0.2) is 0 Å². The summed E-state index contributed by atoms with van der Waals surface area (Å²) in [7, 11) is 1.81. The van der Waals surface area contributed by atoms with Gasteiger partial charge in [0.1, 0.15) is 5.82 Å². The van der Waals surface area contributed by atoms with Crippen LogP contribution >= 0.6 is 0 Å². The molecule has 3 N–H and O–H groups in total. The van der Waals surface area contributed by atoms with Gasteiger partial charge in [0.25, 0.3) is 0 Å². The molecule has 1 unspecified atom stereocenters. The van der Waals surface area contributed by atoms with E-state index in [1.54, 1.807) is 6.20 Å². The number of methoxy groups -OCH3 is 1. The Kier molecular flexibility index (Phi) is 6.96. The van der Waals surface area contributed by atoms with Gasteiger partial charge in [0.2, 0.25) is 0 Å². The number of nitrogens with zero attached hydrogens (tertiary/aromatic N) is 1. The first-order valence-electron chi connectivity index (χ1n) is 7.60. The van der Waals surface area contributed by atoms with Crippen LogP contribution < -0.4 is 11.1 Å². The Labute approximate surface area is 123 Å². The molecular formula is C16H29N3O. The first-order valence-corrected chi connectivity index (χ1v) is 7.60. The molecular weight excluding hydrogens is 250 g/mol. The number of nitrogens with one attached hydrogen (secondary N) is 1. The van der Waals surface area contributed by atoms with Crippen molar-refractivity contribution >= 4 is 5.82 Å². The van der Waals surface area contributed by atoms with Gasteiger partial charge < -0.3 is 15.8 Å². The van der Waals surface area contributed by atoms with Gasteiger partial charge >= 0.3 is 0 Å². The average molecular weight is 279 g/mol. The van der Waals surface area contributed by atoms with Crippen molar-refractivity contribution in [1.29, 1.82) is 0 Å². The van der Waals surface area contributed by atoms with Gasteiger partial charge in [0.05, 0.1) is 5.60 Å². The maximum atomic E-state index is 5.89. The van der Waals surface area contributed by atoms with Crippen LogP contribution in [0.1, 0.15) is 45.6 Å². The Bertz CT molecular complexity index is 383. The van der Waals surface area contributed by atoms with E-state index in [0.717, 1.165) is 32.2 Å². The average Bonchev–Trinajstić information content (AvgIpc) is 2.47. The summed E-state index contributed by atoms with van der Waals surface area (Å²) in [5.74, 6) is 0.577. The fourth-order valence-electron chi connectivity index (χ4n) is 2.79. The van der Waals surface area contributed by atoms with E-state index in [2.05, 4.69) is 31.1 Å². The second kappa shape index (κ2) is 8.22. The van der Waals surface area contributed by atoms with Gasteiger partial charge in [-0.3, -0.25) is 0 Å². The minimum Gasteiger partial charge on any atom is -0.384 e. The Morgan fingerprint density at radius 1 is 1.35 bits per heavy atom. The zero-order valence-corrected chi connectivity index (χ0v) is 13.3. The number of aromatic nitrogens is 1. The summed E-state index contributed by atoms with van der Waals surface area (Å²) in [5, 5.41) is 3.64. The second-order valence-electron chi connectivity index (χ2n) is 5.28. The van der Waals surface area contributed by atoms with E-state index in [1.807, 2.05) is 19.2 Å². The summed E-state index contributed by atoms with van der Waals surface area (Å²) >= 11 is 0. The van der Waals surface area contributed by atoms with E-state index < -0.39 is 0 Å². The standard InChI is InChI=1S/C16H29N3O/c1-5-9-18-14(16(6-2,7-3)20-4)11-13-8-10-19-15(17)12-13/h8,10,12,14,18H,5-7,9,11H2,1-4H3,(H2,17,19). The Balaban J connectivity index is 2.93. The van der Waals surface area contributed by atoms with Gasteiger partial charge in [-0.25, -0.2) is 4.98 Å². The Morgan fingerprint density at radius 2 is 2.05 bits per heavy atom. The van der Waals surface area contributed by atoms with Crippen molar-refractivity contribution in [2.45, 2.75) is 58.1 Å². The lowest BCUT2D eigenvalue weighted by Crippen LogP contribution is -2.53. The molecule has 0 saturated carbocycles. The van der Waals surface area contributed by atoms with Crippen LogP contribution in [0.2, 0.25) is 0 Å². The van der Waals surface area contributed by atoms with Crippen LogP contribution in [0.5, 0.6) is 0 Å². The summed E-state index contributed by atoms with van der Waals surface area (Å²) in [4.78, 5) is 4.06. The highest BCUT2D eigenvalue weighted by molar-refractivity contribution is 5.32. The summed E-state index contributed by atoms with van der Waals surface area (Å²) < 4.78 is 5.89. The van der Waals surface area contributed by atoms with Crippen molar-refractivity contribution in [2.24, 2.45) is 0 Å². The van der Waals surface area contributed by atoms with Crippen molar-refractivity contribution in [2.75, 3.05) is 19.4 Å². The topological polar surface area (TPSA) is 60.2 Å². The number of pyridine rings is 1. The predicted molar refractivity (Wildman–Crippen MR) is 84.8 cm³/mol. The summed E-state index contributed by atoms with van der Waals surface area (Å²) in [6.45, 7) is 7.56. The number of nitrogens with two attached hydrogens (primary N) is 1. The van der Waals surface area contributed by atoms with Crippen LogP contribution in [-0.2, 0) is 11.2 Å². The van der Waals surface area contributed by atoms with Crippen molar-refractivity contribution in [3.05, 3.63) is 23.9 Å². The lowest BCUT2D eigenvalue weighted by atomic mass is 9.84. The number of nitrogen functional groups attached to an aromatic ring is 1. The predicted octanol–water partition coefficient (Wildman–Crippen LogP) is 2.78. The van der Waals surface area contributed by atoms with Gasteiger partial charge in [-0.05, 0) is 49.9 Å². The molecule has 0 aromatic carbocycles. The zero-order chi connectivity index (χ0) is 15.0. The highest BCUT2D eigenvalue weighted by Gasteiger charge is 2.35. The summed E-state index contributed by atoms with van der Waals surface area (Å²) in [6.07, 6.45) is 5.77. The van der Waals surface area contributed by atoms with Crippen LogP contribution in [0, 0.1) is 0 Å². The smallest absolute Gasteiger partial charge is 0.123 e. The van der Waals surface area contributed by atoms with E-state index >= 15 is 0 Å². The Morgan fingerprint density at radius 3 is 2.55 bits per heavy atom. The number of hydrogen-bond acceptors (Lipinski definition) is 4. The molecule has 0 amide bonds. The molecule has 20 heavy (non-hydrogen) atoms. The summed E-state index contributed by atoms with van der Waals surface area (Å²) in [5.41, 5.74) is 6.85. The number of hydrogen-bond donors (Lipinski definition) is 2. The normalized spacial score (nSPS) is 13.4. The van der Waals surface area contributed by atoms with Crippen LogP contribution in [0.25, 0.3) is 0 Å². The quantitative estimate of drug-likeness (QED) is 0.729. The maximum absolute atomic E-state index is 5.89. The second-order valence-corrected chi connectivity index (χ2v) is 5.28. The third-order valence-corrected chi connectivity index (χ3v) is 4.16. The first-order chi connectivity index (χ1) is 9.61. The number of anilines is 1. The van der Waals surface area contributed by atoms with Crippen molar-refractivity contribution in [3.8, 4) is 0 Å². The SMILES string of the molecule is CCCNC(Cc1ccnc(N)c1)C(CC)(CC)OC. The molecule has 4 nitrogen and oxygen atoms in total. The van der Waals surface area contributed by atoms with E-state index in [0.29, 0.717) is 5.82 Å². The largest absolute Gasteiger partial charge is 0.384 e. The lowest BCUT2D eigenvalue weighted by molar-refractivity contribution is -0.0471. The molecule has 0 aliphatic carbocycles. The molecule has 0 saturated heterocycles. The van der Waals surface area contributed by atoms with Gasteiger partial charge in [0, 0.05) is 19.3 Å². The molecule has 1 aromatic heterocycles. The van der Waals surface area contributed by atoms with Gasteiger partial charge in [-0.1, -0.05) is 20.8 Å². The molecule has 0 aliphatic rings. The third kappa shape index (κ3) is 4.18. The highest BCUT2D eigenvalue weighted by Crippen LogP contribution is 2.27. The number of rotatable bonds is 9. The third-order valence-electron chi connectivity index (χ3n) is 4.16. The van der Waals surface area contributed by atoms with Crippen LogP contribution in [0.15, 0.2) is 18.3 Å². The fourth-order valence-corrected chi connectivity index (χ4v) is 2.79. The van der Waals surface area contributed by atoms with Crippen LogP contribution in [0.3, 0.4) is 0 Å². The van der Waals surface area contributed by atoms with Gasteiger partial charge in [-0.15, -0.1) is 0 Å². The molecule has 1 rings (SSSR count). The molecule has 1 atom stereocenters. The molecule has 4 heteroatoms.